The third kappa shape index (κ3) is 10.1. The topological polar surface area (TPSA) is 64.6 Å². The first kappa shape index (κ1) is 15.5. The molecule has 1 N–H and O–H groups in total. The number of carbonyl (C=O) groups excluding carboxylic acids is 1. The molecule has 0 saturated carbocycles. The number of esters is 1. The molecule has 0 saturated heterocycles. The molecule has 0 aliphatic rings. The summed E-state index contributed by atoms with van der Waals surface area (Å²) in [6.45, 7) is 5.17. The van der Waals surface area contributed by atoms with Gasteiger partial charge in [0.05, 0.1) is 13.2 Å². The highest BCUT2D eigenvalue weighted by atomic mass is 32.2. The van der Waals surface area contributed by atoms with Crippen molar-refractivity contribution in [3.05, 3.63) is 0 Å². The van der Waals surface area contributed by atoms with E-state index in [-0.39, 0.29) is 18.6 Å². The monoisotopic (exact) mass is 251 g/mol. The quantitative estimate of drug-likeness (QED) is 0.459. The van der Waals surface area contributed by atoms with Gasteiger partial charge in [0.15, 0.2) is 0 Å². The van der Waals surface area contributed by atoms with Gasteiger partial charge in [-0.1, -0.05) is 0 Å². The van der Waals surface area contributed by atoms with Gasteiger partial charge in [0.1, 0.15) is 6.61 Å². The maximum atomic E-state index is 10.9. The summed E-state index contributed by atoms with van der Waals surface area (Å²) in [6.07, 6.45) is 1.68. The summed E-state index contributed by atoms with van der Waals surface area (Å²) in [6, 6.07) is 0.192. The highest BCUT2D eigenvalue weighted by Crippen LogP contribution is 1.86. The van der Waals surface area contributed by atoms with Crippen molar-refractivity contribution in [1.82, 2.24) is 5.32 Å². The van der Waals surface area contributed by atoms with Gasteiger partial charge >= 0.3 is 5.97 Å². The Morgan fingerprint density at radius 1 is 1.50 bits per heavy atom. The molecule has 0 radical (unpaired) electrons. The summed E-state index contributed by atoms with van der Waals surface area (Å²) in [4.78, 5) is 10.9. The van der Waals surface area contributed by atoms with Crippen LogP contribution in [0.25, 0.3) is 0 Å². The average Bonchev–Trinajstić information content (AvgIpc) is 2.16. The number of hydrogen-bond acceptors (Lipinski definition) is 5. The molecule has 5 nitrogen and oxygen atoms in total. The van der Waals surface area contributed by atoms with E-state index in [0.717, 1.165) is 0 Å². The smallest absolute Gasteiger partial charge is 0.332 e. The Morgan fingerprint density at radius 2 is 2.19 bits per heavy atom. The van der Waals surface area contributed by atoms with Gasteiger partial charge in [-0.2, -0.15) is 0 Å². The van der Waals surface area contributed by atoms with E-state index in [0.29, 0.717) is 25.5 Å². The van der Waals surface area contributed by atoms with E-state index in [1.165, 1.54) is 0 Å². The molecule has 0 heterocycles. The number of carbonyl (C=O) groups is 1. The second-order valence-corrected chi connectivity index (χ2v) is 4.93. The summed E-state index contributed by atoms with van der Waals surface area (Å²) >= 11 is 0. The third-order valence-corrected chi connectivity index (χ3v) is 2.72. The Kier molecular flexibility index (Phi) is 9.46. The first-order valence-corrected chi connectivity index (χ1v) is 7.05. The largest absolute Gasteiger partial charge is 0.464 e. The molecule has 0 aromatic heterocycles. The molecule has 0 spiro atoms. The summed E-state index contributed by atoms with van der Waals surface area (Å²) in [5, 5.41) is 3.15. The first-order valence-electron chi connectivity index (χ1n) is 5.33. The van der Waals surface area contributed by atoms with Crippen LogP contribution in [-0.4, -0.2) is 54.6 Å². The fourth-order valence-corrected chi connectivity index (χ4v) is 1.97. The second-order valence-electron chi connectivity index (χ2n) is 3.45. The molecular formula is C10H21NO4S. The van der Waals surface area contributed by atoms with Crippen molar-refractivity contribution in [1.29, 1.82) is 0 Å². The number of ether oxygens (including phenoxy) is 2. The Morgan fingerprint density at radius 3 is 2.75 bits per heavy atom. The van der Waals surface area contributed by atoms with E-state index in [9.17, 15) is 9.00 Å². The van der Waals surface area contributed by atoms with Crippen LogP contribution in [0.15, 0.2) is 0 Å². The third-order valence-electron chi connectivity index (χ3n) is 1.75. The zero-order chi connectivity index (χ0) is 12.4. The predicted octanol–water partition coefficient (Wildman–Crippen LogP) is -0.0773. The molecule has 0 aromatic carbocycles. The summed E-state index contributed by atoms with van der Waals surface area (Å²) < 4.78 is 20.7. The SMILES string of the molecule is CCOC(=O)COCCNC(C)CS(C)=O. The minimum atomic E-state index is -0.790. The molecule has 0 aliphatic carbocycles. The minimum absolute atomic E-state index is 0.0103. The first-order chi connectivity index (χ1) is 7.56. The lowest BCUT2D eigenvalue weighted by molar-refractivity contribution is -0.148. The van der Waals surface area contributed by atoms with Crippen LogP contribution < -0.4 is 5.32 Å². The molecular weight excluding hydrogens is 230 g/mol. The van der Waals surface area contributed by atoms with Crippen molar-refractivity contribution in [3.8, 4) is 0 Å². The van der Waals surface area contributed by atoms with Crippen molar-refractivity contribution in [2.45, 2.75) is 19.9 Å². The lowest BCUT2D eigenvalue weighted by Gasteiger charge is -2.11. The van der Waals surface area contributed by atoms with Crippen LogP contribution in [0.4, 0.5) is 0 Å². The Hall–Kier alpha value is -0.460. The molecule has 2 unspecified atom stereocenters. The van der Waals surface area contributed by atoms with Gasteiger partial charge in [-0.3, -0.25) is 4.21 Å². The van der Waals surface area contributed by atoms with Gasteiger partial charge in [0.25, 0.3) is 0 Å². The van der Waals surface area contributed by atoms with Crippen LogP contribution in [0.3, 0.4) is 0 Å². The molecule has 0 aliphatic heterocycles. The van der Waals surface area contributed by atoms with Gasteiger partial charge < -0.3 is 14.8 Å². The van der Waals surface area contributed by atoms with Crippen molar-refractivity contribution in [3.63, 3.8) is 0 Å². The van der Waals surface area contributed by atoms with Crippen LogP contribution in [0.1, 0.15) is 13.8 Å². The van der Waals surface area contributed by atoms with Crippen molar-refractivity contribution in [2.24, 2.45) is 0 Å². The molecule has 0 amide bonds. The van der Waals surface area contributed by atoms with Gasteiger partial charge in [0, 0.05) is 35.4 Å². The predicted molar refractivity (Wildman–Crippen MR) is 63.9 cm³/mol. The molecule has 2 atom stereocenters. The molecule has 0 rings (SSSR count). The maximum absolute atomic E-state index is 10.9. The van der Waals surface area contributed by atoms with Crippen LogP contribution in [0, 0.1) is 0 Å². The van der Waals surface area contributed by atoms with Crippen LogP contribution in [0.5, 0.6) is 0 Å². The van der Waals surface area contributed by atoms with Crippen LogP contribution in [-0.2, 0) is 25.1 Å². The fraction of sp³-hybridized carbons (Fsp3) is 0.900. The summed E-state index contributed by atoms with van der Waals surface area (Å²) in [5.41, 5.74) is 0. The van der Waals surface area contributed by atoms with E-state index < -0.39 is 10.8 Å². The Balaban J connectivity index is 3.32. The zero-order valence-corrected chi connectivity index (χ0v) is 11.0. The zero-order valence-electron chi connectivity index (χ0n) is 10.2. The molecule has 96 valence electrons. The molecule has 0 aromatic rings. The van der Waals surface area contributed by atoms with Crippen molar-refractivity contribution >= 4 is 16.8 Å². The maximum Gasteiger partial charge on any atom is 0.332 e. The Bertz CT molecular complexity index is 223. The molecule has 6 heteroatoms. The van der Waals surface area contributed by atoms with E-state index in [1.54, 1.807) is 13.2 Å². The van der Waals surface area contributed by atoms with Gasteiger partial charge in [-0.25, -0.2) is 4.79 Å². The number of hydrogen-bond donors (Lipinski definition) is 1. The summed E-state index contributed by atoms with van der Waals surface area (Å²) in [5.74, 6) is 0.280. The van der Waals surface area contributed by atoms with E-state index >= 15 is 0 Å². The van der Waals surface area contributed by atoms with Gasteiger partial charge in [0.2, 0.25) is 0 Å². The highest BCUT2D eigenvalue weighted by Gasteiger charge is 2.04. The van der Waals surface area contributed by atoms with E-state index in [1.807, 2.05) is 6.92 Å². The highest BCUT2D eigenvalue weighted by molar-refractivity contribution is 7.84. The van der Waals surface area contributed by atoms with E-state index in [4.69, 9.17) is 9.47 Å². The molecule has 0 fully saturated rings. The Labute approximate surface area is 99.3 Å². The fourth-order valence-electron chi connectivity index (χ4n) is 1.15. The van der Waals surface area contributed by atoms with Crippen molar-refractivity contribution < 1.29 is 18.5 Å². The minimum Gasteiger partial charge on any atom is -0.464 e. The summed E-state index contributed by atoms with van der Waals surface area (Å²) in [7, 11) is -0.790. The molecule has 16 heavy (non-hydrogen) atoms. The standard InChI is InChI=1S/C10H21NO4S/c1-4-15-10(12)7-14-6-5-11-9(2)8-16(3)13/h9,11H,4-8H2,1-3H3. The van der Waals surface area contributed by atoms with E-state index in [2.05, 4.69) is 5.32 Å². The van der Waals surface area contributed by atoms with Gasteiger partial charge in [-0.15, -0.1) is 0 Å². The van der Waals surface area contributed by atoms with Crippen molar-refractivity contribution in [2.75, 3.05) is 38.4 Å². The number of nitrogens with one attached hydrogen (secondary N) is 1. The average molecular weight is 251 g/mol. The van der Waals surface area contributed by atoms with Gasteiger partial charge in [-0.05, 0) is 13.8 Å². The van der Waals surface area contributed by atoms with Crippen LogP contribution >= 0.6 is 0 Å². The lowest BCUT2D eigenvalue weighted by Crippen LogP contribution is -2.33. The number of rotatable bonds is 9. The second kappa shape index (κ2) is 9.74. The van der Waals surface area contributed by atoms with Crippen LogP contribution in [0.2, 0.25) is 0 Å². The molecule has 0 bridgehead atoms. The normalized spacial score (nSPS) is 14.4. The lowest BCUT2D eigenvalue weighted by atomic mass is 10.4.